The van der Waals surface area contributed by atoms with Crippen LogP contribution in [0.3, 0.4) is 0 Å². The Morgan fingerprint density at radius 1 is 1.06 bits per heavy atom. The molecule has 0 spiro atoms. The largest absolute Gasteiger partial charge is 0.497 e. The van der Waals surface area contributed by atoms with Crippen molar-refractivity contribution in [1.82, 2.24) is 24.6 Å². The van der Waals surface area contributed by atoms with Crippen LogP contribution in [0, 0.1) is 0 Å². The number of nitrogens with zero attached hydrogens (tertiary/aromatic N) is 4. The Morgan fingerprint density at radius 3 is 2.39 bits per heavy atom. The van der Waals surface area contributed by atoms with Gasteiger partial charge in [0.25, 0.3) is 0 Å². The molecular weight excluding hydrogens is 418 g/mol. The Balaban J connectivity index is 1.35. The Bertz CT molecular complexity index is 1110. The third kappa shape index (κ3) is 5.27. The highest BCUT2D eigenvalue weighted by atomic mass is 16.5. The molecule has 2 heterocycles. The molecular formula is C25H31N5O3. The normalized spacial score (nSPS) is 14.3. The van der Waals surface area contributed by atoms with Gasteiger partial charge in [0.2, 0.25) is 0 Å². The van der Waals surface area contributed by atoms with Gasteiger partial charge < -0.3 is 15.0 Å². The number of aromatic nitrogens is 3. The standard InChI is InChI=1S/C25H31N5O3/c1-3-29-23(27-30(25(29)32)18-20-7-5-4-6-8-20)21-13-15-28(16-14-21)24(31)26-17-19-9-11-22(33-2)12-10-19/h4-12,21H,3,13-18H2,1-2H3,(H,26,31). The first kappa shape index (κ1) is 22.6. The lowest BCUT2D eigenvalue weighted by Gasteiger charge is -2.31. The van der Waals surface area contributed by atoms with Crippen LogP contribution in [0.5, 0.6) is 5.75 Å². The van der Waals surface area contributed by atoms with Gasteiger partial charge in [0.1, 0.15) is 11.6 Å². The SMILES string of the molecule is CCn1c(C2CCN(C(=O)NCc3ccc(OC)cc3)CC2)nn(Cc2ccccc2)c1=O. The lowest BCUT2D eigenvalue weighted by atomic mass is 9.96. The number of amides is 2. The van der Waals surface area contributed by atoms with E-state index in [9.17, 15) is 9.59 Å². The maximum absolute atomic E-state index is 12.9. The first-order valence-corrected chi connectivity index (χ1v) is 11.5. The number of methoxy groups -OCH3 is 1. The van der Waals surface area contributed by atoms with Crippen LogP contribution in [0.25, 0.3) is 0 Å². The average Bonchev–Trinajstić information content (AvgIpc) is 3.18. The highest BCUT2D eigenvalue weighted by molar-refractivity contribution is 5.74. The van der Waals surface area contributed by atoms with E-state index in [0.717, 1.165) is 35.5 Å². The third-order valence-corrected chi connectivity index (χ3v) is 6.19. The zero-order valence-corrected chi connectivity index (χ0v) is 19.2. The molecule has 0 saturated carbocycles. The van der Waals surface area contributed by atoms with Gasteiger partial charge in [-0.25, -0.2) is 14.3 Å². The number of ether oxygens (including phenoxy) is 1. The maximum atomic E-state index is 12.9. The van der Waals surface area contributed by atoms with Crippen LogP contribution in [0.4, 0.5) is 4.79 Å². The Hall–Kier alpha value is -3.55. The smallest absolute Gasteiger partial charge is 0.346 e. The van der Waals surface area contributed by atoms with Crippen LogP contribution in [0.15, 0.2) is 59.4 Å². The third-order valence-electron chi connectivity index (χ3n) is 6.19. The number of hydrogen-bond acceptors (Lipinski definition) is 4. The number of benzene rings is 2. The second-order valence-corrected chi connectivity index (χ2v) is 8.30. The monoisotopic (exact) mass is 449 g/mol. The molecule has 0 unspecified atom stereocenters. The quantitative estimate of drug-likeness (QED) is 0.601. The van der Waals surface area contributed by atoms with Crippen LogP contribution in [0.2, 0.25) is 0 Å². The number of carbonyl (C=O) groups is 1. The van der Waals surface area contributed by atoms with Crippen LogP contribution < -0.4 is 15.7 Å². The molecule has 1 N–H and O–H groups in total. The first-order chi connectivity index (χ1) is 16.1. The molecule has 3 aromatic rings. The summed E-state index contributed by atoms with van der Waals surface area (Å²) in [7, 11) is 1.63. The number of hydrogen-bond donors (Lipinski definition) is 1. The van der Waals surface area contributed by atoms with E-state index in [2.05, 4.69) is 5.32 Å². The van der Waals surface area contributed by atoms with Gasteiger partial charge in [0.15, 0.2) is 0 Å². The molecule has 4 rings (SSSR count). The van der Waals surface area contributed by atoms with Gasteiger partial charge in [-0.1, -0.05) is 42.5 Å². The van der Waals surface area contributed by atoms with E-state index in [1.165, 1.54) is 0 Å². The predicted molar refractivity (Wildman–Crippen MR) is 126 cm³/mol. The lowest BCUT2D eigenvalue weighted by Crippen LogP contribution is -2.44. The minimum atomic E-state index is -0.0731. The highest BCUT2D eigenvalue weighted by Crippen LogP contribution is 2.26. The molecule has 0 atom stereocenters. The van der Waals surface area contributed by atoms with Crippen LogP contribution >= 0.6 is 0 Å². The van der Waals surface area contributed by atoms with Crippen LogP contribution in [0.1, 0.15) is 42.6 Å². The summed E-state index contributed by atoms with van der Waals surface area (Å²) in [5.41, 5.74) is 2.00. The zero-order chi connectivity index (χ0) is 23.2. The molecule has 33 heavy (non-hydrogen) atoms. The summed E-state index contributed by atoms with van der Waals surface area (Å²) in [5, 5.41) is 7.69. The topological polar surface area (TPSA) is 81.4 Å². The van der Waals surface area contributed by atoms with E-state index >= 15 is 0 Å². The summed E-state index contributed by atoms with van der Waals surface area (Å²) in [6.07, 6.45) is 1.58. The van der Waals surface area contributed by atoms with E-state index in [1.807, 2.05) is 66.4 Å². The maximum Gasteiger partial charge on any atom is 0.346 e. The van der Waals surface area contributed by atoms with Gasteiger partial charge in [-0.15, -0.1) is 0 Å². The van der Waals surface area contributed by atoms with Gasteiger partial charge in [0.05, 0.1) is 13.7 Å². The lowest BCUT2D eigenvalue weighted by molar-refractivity contribution is 0.179. The average molecular weight is 450 g/mol. The van der Waals surface area contributed by atoms with Gasteiger partial charge in [-0.05, 0) is 43.0 Å². The second kappa shape index (κ2) is 10.4. The van der Waals surface area contributed by atoms with Crippen molar-refractivity contribution in [2.24, 2.45) is 0 Å². The fraction of sp³-hybridized carbons (Fsp3) is 0.400. The molecule has 1 saturated heterocycles. The predicted octanol–water partition coefficient (Wildman–Crippen LogP) is 3.21. The number of piperidine rings is 1. The molecule has 1 aliphatic rings. The summed E-state index contributed by atoms with van der Waals surface area (Å²) in [6, 6.07) is 17.5. The second-order valence-electron chi connectivity index (χ2n) is 8.30. The molecule has 1 aliphatic heterocycles. The number of carbonyl (C=O) groups excluding carboxylic acids is 1. The van der Waals surface area contributed by atoms with Crippen LogP contribution in [-0.2, 0) is 19.6 Å². The van der Waals surface area contributed by atoms with Gasteiger partial charge in [-0.3, -0.25) is 4.57 Å². The summed E-state index contributed by atoms with van der Waals surface area (Å²) in [4.78, 5) is 27.4. The van der Waals surface area contributed by atoms with Crippen LogP contribution in [-0.4, -0.2) is 45.5 Å². The number of nitrogens with one attached hydrogen (secondary N) is 1. The van der Waals surface area contributed by atoms with Crippen molar-refractivity contribution < 1.29 is 9.53 Å². The molecule has 2 amide bonds. The van der Waals surface area contributed by atoms with Crippen molar-refractivity contribution >= 4 is 6.03 Å². The zero-order valence-electron chi connectivity index (χ0n) is 19.2. The Kier molecular flexibility index (Phi) is 7.12. The van der Waals surface area contributed by atoms with Crippen molar-refractivity contribution in [1.29, 1.82) is 0 Å². The molecule has 8 heteroatoms. The van der Waals surface area contributed by atoms with Crippen molar-refractivity contribution in [2.75, 3.05) is 20.2 Å². The van der Waals surface area contributed by atoms with E-state index < -0.39 is 0 Å². The summed E-state index contributed by atoms with van der Waals surface area (Å²) in [6.45, 7) is 4.78. The molecule has 0 bridgehead atoms. The van der Waals surface area contributed by atoms with Crippen molar-refractivity contribution in [2.45, 2.75) is 45.3 Å². The molecule has 0 radical (unpaired) electrons. The van der Waals surface area contributed by atoms with Gasteiger partial charge in [0, 0.05) is 32.1 Å². The minimum absolute atomic E-state index is 0.0632. The molecule has 174 valence electrons. The fourth-order valence-electron chi connectivity index (χ4n) is 4.29. The van der Waals surface area contributed by atoms with Crippen molar-refractivity contribution in [3.8, 4) is 5.75 Å². The van der Waals surface area contributed by atoms with E-state index in [4.69, 9.17) is 9.84 Å². The van der Waals surface area contributed by atoms with Crippen molar-refractivity contribution in [3.63, 3.8) is 0 Å². The first-order valence-electron chi connectivity index (χ1n) is 11.5. The molecule has 0 aliphatic carbocycles. The Morgan fingerprint density at radius 2 is 1.76 bits per heavy atom. The molecule has 8 nitrogen and oxygen atoms in total. The van der Waals surface area contributed by atoms with Gasteiger partial charge in [-0.2, -0.15) is 5.10 Å². The van der Waals surface area contributed by atoms with Crippen molar-refractivity contribution in [3.05, 3.63) is 82.0 Å². The number of likely N-dealkylation sites (tertiary alicyclic amines) is 1. The summed E-state index contributed by atoms with van der Waals surface area (Å²) in [5.74, 6) is 1.79. The summed E-state index contributed by atoms with van der Waals surface area (Å²) < 4.78 is 8.50. The fourth-order valence-corrected chi connectivity index (χ4v) is 4.29. The minimum Gasteiger partial charge on any atom is -0.497 e. The van der Waals surface area contributed by atoms with E-state index in [-0.39, 0.29) is 17.6 Å². The number of rotatable bonds is 7. The van der Waals surface area contributed by atoms with Gasteiger partial charge >= 0.3 is 11.7 Å². The molecule has 1 aromatic heterocycles. The van der Waals surface area contributed by atoms with E-state index in [0.29, 0.717) is 32.7 Å². The highest BCUT2D eigenvalue weighted by Gasteiger charge is 2.28. The number of urea groups is 1. The summed E-state index contributed by atoms with van der Waals surface area (Å²) >= 11 is 0. The van der Waals surface area contributed by atoms with E-state index in [1.54, 1.807) is 16.4 Å². The Labute approximate surface area is 193 Å². The molecule has 1 fully saturated rings. The molecule has 2 aromatic carbocycles.